The van der Waals surface area contributed by atoms with E-state index >= 15 is 0 Å². The first-order valence-electron chi connectivity index (χ1n) is 11.5. The number of aromatic nitrogens is 2. The lowest BCUT2D eigenvalue weighted by Gasteiger charge is -2.35. The van der Waals surface area contributed by atoms with Crippen LogP contribution in [0.1, 0.15) is 32.6 Å². The summed E-state index contributed by atoms with van der Waals surface area (Å²) >= 11 is 1.52. The first-order chi connectivity index (χ1) is 15.2. The third-order valence-corrected chi connectivity index (χ3v) is 7.26. The van der Waals surface area contributed by atoms with Crippen LogP contribution in [0.4, 0.5) is 0 Å². The standard InChI is InChI=1S/C23H33N5O2S/c1-2-28-20-10-6-5-9-19(20)24-23(28)31-18-22(30)27-15-13-25(14-16-27)17-21(29)26-11-7-3-4-8-12-26/h5-6,9-10H,2-4,7-8,11-18H2,1H3. The van der Waals surface area contributed by atoms with Gasteiger partial charge in [0.25, 0.3) is 0 Å². The Bertz CT molecular complexity index is 899. The molecule has 2 saturated heterocycles. The van der Waals surface area contributed by atoms with Crippen LogP contribution in [-0.4, -0.2) is 87.6 Å². The van der Waals surface area contributed by atoms with E-state index in [0.29, 0.717) is 25.4 Å². The lowest BCUT2D eigenvalue weighted by molar-refractivity contribution is -0.134. The molecule has 3 heterocycles. The summed E-state index contributed by atoms with van der Waals surface area (Å²) in [6, 6.07) is 8.10. The van der Waals surface area contributed by atoms with Crippen molar-refractivity contribution in [3.05, 3.63) is 24.3 Å². The molecule has 2 fully saturated rings. The van der Waals surface area contributed by atoms with Gasteiger partial charge in [-0.3, -0.25) is 14.5 Å². The summed E-state index contributed by atoms with van der Waals surface area (Å²) in [6.45, 7) is 8.14. The van der Waals surface area contributed by atoms with Gasteiger partial charge in [-0.15, -0.1) is 0 Å². The number of carbonyl (C=O) groups excluding carboxylic acids is 2. The van der Waals surface area contributed by atoms with Gasteiger partial charge in [-0.1, -0.05) is 36.7 Å². The molecule has 2 aliphatic heterocycles. The Labute approximate surface area is 188 Å². The number of aryl methyl sites for hydroxylation is 1. The van der Waals surface area contributed by atoms with Gasteiger partial charge < -0.3 is 14.4 Å². The van der Waals surface area contributed by atoms with E-state index in [2.05, 4.69) is 22.5 Å². The lowest BCUT2D eigenvalue weighted by Crippen LogP contribution is -2.52. The number of hydrogen-bond donors (Lipinski definition) is 0. The second-order valence-electron chi connectivity index (χ2n) is 8.37. The van der Waals surface area contributed by atoms with Gasteiger partial charge in [0, 0.05) is 45.8 Å². The van der Waals surface area contributed by atoms with Crippen molar-refractivity contribution in [3.8, 4) is 0 Å². The highest BCUT2D eigenvalue weighted by molar-refractivity contribution is 7.99. The molecule has 0 unspecified atom stereocenters. The van der Waals surface area contributed by atoms with Crippen LogP contribution in [0.3, 0.4) is 0 Å². The predicted octanol–water partition coefficient (Wildman–Crippen LogP) is 2.70. The highest BCUT2D eigenvalue weighted by Gasteiger charge is 2.25. The number of rotatable bonds is 6. The number of likely N-dealkylation sites (tertiary alicyclic amines) is 1. The smallest absolute Gasteiger partial charge is 0.236 e. The van der Waals surface area contributed by atoms with E-state index in [1.165, 1.54) is 24.6 Å². The van der Waals surface area contributed by atoms with Gasteiger partial charge in [0.1, 0.15) is 0 Å². The molecule has 0 radical (unpaired) electrons. The molecule has 2 amide bonds. The van der Waals surface area contributed by atoms with E-state index in [1.807, 2.05) is 28.0 Å². The molecule has 0 saturated carbocycles. The zero-order valence-corrected chi connectivity index (χ0v) is 19.3. The van der Waals surface area contributed by atoms with Crippen LogP contribution in [0.5, 0.6) is 0 Å². The van der Waals surface area contributed by atoms with E-state index in [4.69, 9.17) is 4.98 Å². The zero-order valence-electron chi connectivity index (χ0n) is 18.5. The molecule has 31 heavy (non-hydrogen) atoms. The number of piperazine rings is 1. The molecule has 0 N–H and O–H groups in total. The van der Waals surface area contributed by atoms with Crippen LogP contribution in [0.2, 0.25) is 0 Å². The number of para-hydroxylation sites is 2. The van der Waals surface area contributed by atoms with Gasteiger partial charge >= 0.3 is 0 Å². The first kappa shape index (κ1) is 22.1. The minimum absolute atomic E-state index is 0.151. The maximum absolute atomic E-state index is 12.8. The fraction of sp³-hybridized carbons (Fsp3) is 0.609. The van der Waals surface area contributed by atoms with E-state index < -0.39 is 0 Å². The molecule has 2 aromatic rings. The molecular weight excluding hydrogens is 410 g/mol. The normalized spacial score (nSPS) is 18.4. The number of amides is 2. The minimum atomic E-state index is 0.151. The molecule has 0 bridgehead atoms. The number of hydrogen-bond acceptors (Lipinski definition) is 5. The number of benzene rings is 1. The molecular formula is C23H33N5O2S. The van der Waals surface area contributed by atoms with E-state index in [1.54, 1.807) is 0 Å². The van der Waals surface area contributed by atoms with Crippen molar-refractivity contribution in [2.75, 3.05) is 51.6 Å². The number of imidazole rings is 1. The molecule has 2 aliphatic rings. The van der Waals surface area contributed by atoms with Crippen molar-refractivity contribution in [1.82, 2.24) is 24.3 Å². The summed E-state index contributed by atoms with van der Waals surface area (Å²) in [7, 11) is 0. The SMILES string of the molecule is CCn1c(SCC(=O)N2CCN(CC(=O)N3CCCCCC3)CC2)nc2ccccc21. The molecule has 7 nitrogen and oxygen atoms in total. The topological polar surface area (TPSA) is 61.7 Å². The Morgan fingerprint density at radius 3 is 2.29 bits per heavy atom. The molecule has 8 heteroatoms. The Morgan fingerprint density at radius 2 is 1.58 bits per heavy atom. The molecule has 1 aromatic carbocycles. The summed E-state index contributed by atoms with van der Waals surface area (Å²) in [6.07, 6.45) is 4.71. The largest absolute Gasteiger partial charge is 0.342 e. The van der Waals surface area contributed by atoms with Crippen LogP contribution in [-0.2, 0) is 16.1 Å². The second kappa shape index (κ2) is 10.5. The summed E-state index contributed by atoms with van der Waals surface area (Å²) in [4.78, 5) is 36.2. The predicted molar refractivity (Wildman–Crippen MR) is 124 cm³/mol. The molecule has 0 atom stereocenters. The Kier molecular flexibility index (Phi) is 7.50. The van der Waals surface area contributed by atoms with Crippen molar-refractivity contribution in [2.24, 2.45) is 0 Å². The molecule has 0 spiro atoms. The lowest BCUT2D eigenvalue weighted by atomic mass is 10.2. The van der Waals surface area contributed by atoms with E-state index in [-0.39, 0.29) is 11.8 Å². The number of fused-ring (bicyclic) bond motifs is 1. The summed E-state index contributed by atoms with van der Waals surface area (Å²) in [5, 5.41) is 0.902. The van der Waals surface area contributed by atoms with Crippen molar-refractivity contribution in [3.63, 3.8) is 0 Å². The monoisotopic (exact) mass is 443 g/mol. The van der Waals surface area contributed by atoms with E-state index in [0.717, 1.165) is 61.8 Å². The van der Waals surface area contributed by atoms with Crippen LogP contribution in [0.25, 0.3) is 11.0 Å². The molecule has 168 valence electrons. The highest BCUT2D eigenvalue weighted by atomic mass is 32.2. The van der Waals surface area contributed by atoms with Crippen molar-refractivity contribution in [1.29, 1.82) is 0 Å². The zero-order chi connectivity index (χ0) is 21.6. The molecule has 0 aliphatic carbocycles. The average molecular weight is 444 g/mol. The quantitative estimate of drug-likeness (QED) is 0.643. The maximum atomic E-state index is 12.8. The van der Waals surface area contributed by atoms with Gasteiger partial charge in [0.15, 0.2) is 5.16 Å². The molecule has 4 rings (SSSR count). The van der Waals surface area contributed by atoms with Crippen molar-refractivity contribution >= 4 is 34.6 Å². The third-order valence-electron chi connectivity index (χ3n) is 6.30. The van der Waals surface area contributed by atoms with E-state index in [9.17, 15) is 9.59 Å². The number of nitrogens with zero attached hydrogens (tertiary/aromatic N) is 5. The maximum Gasteiger partial charge on any atom is 0.236 e. The fourth-order valence-electron chi connectivity index (χ4n) is 4.45. The van der Waals surface area contributed by atoms with Gasteiger partial charge in [0.2, 0.25) is 11.8 Å². The number of carbonyl (C=O) groups is 2. The Hall–Kier alpha value is -2.06. The van der Waals surface area contributed by atoms with Gasteiger partial charge in [-0.05, 0) is 31.9 Å². The summed E-state index contributed by atoms with van der Waals surface area (Å²) in [5.74, 6) is 0.796. The summed E-state index contributed by atoms with van der Waals surface area (Å²) < 4.78 is 2.17. The third kappa shape index (κ3) is 5.41. The second-order valence-corrected chi connectivity index (χ2v) is 9.31. The van der Waals surface area contributed by atoms with Crippen LogP contribution >= 0.6 is 11.8 Å². The fourth-order valence-corrected chi connectivity index (χ4v) is 5.43. The Balaban J connectivity index is 1.24. The average Bonchev–Trinajstić information content (AvgIpc) is 2.94. The van der Waals surface area contributed by atoms with Gasteiger partial charge in [0.05, 0.1) is 23.3 Å². The van der Waals surface area contributed by atoms with Crippen LogP contribution in [0, 0.1) is 0 Å². The Morgan fingerprint density at radius 1 is 0.903 bits per heavy atom. The molecule has 1 aromatic heterocycles. The van der Waals surface area contributed by atoms with Crippen LogP contribution < -0.4 is 0 Å². The summed E-state index contributed by atoms with van der Waals surface area (Å²) in [5.41, 5.74) is 2.09. The van der Waals surface area contributed by atoms with Crippen LogP contribution in [0.15, 0.2) is 29.4 Å². The highest BCUT2D eigenvalue weighted by Crippen LogP contribution is 2.24. The van der Waals surface area contributed by atoms with Crippen molar-refractivity contribution < 1.29 is 9.59 Å². The number of thioether (sulfide) groups is 1. The van der Waals surface area contributed by atoms with Gasteiger partial charge in [-0.25, -0.2) is 4.98 Å². The minimum Gasteiger partial charge on any atom is -0.342 e. The van der Waals surface area contributed by atoms with Gasteiger partial charge in [-0.2, -0.15) is 0 Å². The van der Waals surface area contributed by atoms with Crippen molar-refractivity contribution in [2.45, 2.75) is 44.3 Å². The first-order valence-corrected chi connectivity index (χ1v) is 12.5.